The summed E-state index contributed by atoms with van der Waals surface area (Å²) in [5.41, 5.74) is 2.21. The van der Waals surface area contributed by atoms with Gasteiger partial charge in [-0.3, -0.25) is 14.6 Å². The van der Waals surface area contributed by atoms with Crippen molar-refractivity contribution in [3.05, 3.63) is 54.1 Å². The molecule has 2 heterocycles. The van der Waals surface area contributed by atoms with Crippen LogP contribution in [0.4, 0.5) is 11.4 Å². The van der Waals surface area contributed by atoms with E-state index in [1.807, 2.05) is 30.3 Å². The molecule has 2 aliphatic rings. The van der Waals surface area contributed by atoms with Gasteiger partial charge in [0.2, 0.25) is 5.91 Å². The largest absolute Gasteiger partial charge is 0.497 e. The molecule has 0 fully saturated rings. The topological polar surface area (TPSA) is 83.4 Å². The first kappa shape index (κ1) is 19.2. The molecule has 2 amide bonds. The van der Waals surface area contributed by atoms with Gasteiger partial charge >= 0.3 is 0 Å². The molecule has 29 heavy (non-hydrogen) atoms. The normalized spacial score (nSPS) is 18.4. The number of rotatable bonds is 4. The number of carbonyl (C=O) groups is 2. The quantitative estimate of drug-likeness (QED) is 0.840. The predicted molar refractivity (Wildman–Crippen MR) is 115 cm³/mol. The van der Waals surface area contributed by atoms with E-state index in [-0.39, 0.29) is 11.8 Å². The van der Waals surface area contributed by atoms with Crippen LogP contribution in [0.1, 0.15) is 19.4 Å². The lowest BCUT2D eigenvalue weighted by Gasteiger charge is -2.26. The zero-order valence-corrected chi connectivity index (χ0v) is 17.1. The molecular formula is C21H20N4O3S. The zero-order valence-electron chi connectivity index (χ0n) is 16.2. The number of carbonyl (C=O) groups excluding carboxylic acids is 2. The Morgan fingerprint density at radius 3 is 2.83 bits per heavy atom. The maximum absolute atomic E-state index is 12.7. The van der Waals surface area contributed by atoms with Crippen LogP contribution in [-0.4, -0.2) is 46.1 Å². The highest BCUT2D eigenvalue weighted by Crippen LogP contribution is 2.34. The van der Waals surface area contributed by atoms with Crippen molar-refractivity contribution in [2.24, 2.45) is 9.98 Å². The van der Waals surface area contributed by atoms with Gasteiger partial charge in [0.25, 0.3) is 5.91 Å². The van der Waals surface area contributed by atoms with Crippen molar-refractivity contribution in [2.45, 2.75) is 25.1 Å². The Hall–Kier alpha value is -3.13. The number of amides is 2. The molecule has 0 saturated heterocycles. The number of methoxy groups -OCH3 is 1. The van der Waals surface area contributed by atoms with Gasteiger partial charge < -0.3 is 10.1 Å². The molecule has 0 aromatic heterocycles. The smallest absolute Gasteiger partial charge is 0.258 e. The number of nitrogens with one attached hydrogen (secondary N) is 1. The zero-order chi connectivity index (χ0) is 20.5. The van der Waals surface area contributed by atoms with Crippen LogP contribution in [-0.2, 0) is 9.59 Å². The van der Waals surface area contributed by atoms with E-state index in [1.54, 1.807) is 39.2 Å². The minimum absolute atomic E-state index is 0.138. The lowest BCUT2D eigenvalue weighted by molar-refractivity contribution is -0.124. The van der Waals surface area contributed by atoms with Gasteiger partial charge in [0.05, 0.1) is 18.0 Å². The van der Waals surface area contributed by atoms with Crippen molar-refractivity contribution in [1.29, 1.82) is 0 Å². The van der Waals surface area contributed by atoms with Crippen LogP contribution >= 0.6 is 11.8 Å². The fourth-order valence-electron chi connectivity index (χ4n) is 3.11. The van der Waals surface area contributed by atoms with Gasteiger partial charge in [-0.2, -0.15) is 0 Å². The molecule has 2 atom stereocenters. The van der Waals surface area contributed by atoms with E-state index >= 15 is 0 Å². The number of aliphatic imine (C=N–C) groups is 2. The second-order valence-corrected chi connectivity index (χ2v) is 8.00. The summed E-state index contributed by atoms with van der Waals surface area (Å²) in [6.45, 7) is 3.54. The third-order valence-electron chi connectivity index (χ3n) is 4.65. The SMILES string of the molecule is COc1cccc(NC(=O)[C@@H](C)SC2=Nc3ccccc3C3=N[C@@H](C)C(=O)N23)c1. The summed E-state index contributed by atoms with van der Waals surface area (Å²) in [6, 6.07) is 14.3. The maximum atomic E-state index is 12.7. The monoisotopic (exact) mass is 408 g/mol. The number of fused-ring (bicyclic) bond motifs is 3. The highest BCUT2D eigenvalue weighted by molar-refractivity contribution is 8.15. The number of amidine groups is 2. The molecule has 7 nitrogen and oxygen atoms in total. The molecule has 0 spiro atoms. The van der Waals surface area contributed by atoms with E-state index < -0.39 is 11.3 Å². The Morgan fingerprint density at radius 1 is 1.24 bits per heavy atom. The number of para-hydroxylation sites is 1. The number of benzene rings is 2. The fourth-order valence-corrected chi connectivity index (χ4v) is 4.03. The van der Waals surface area contributed by atoms with Crippen molar-refractivity contribution >= 4 is 46.0 Å². The summed E-state index contributed by atoms with van der Waals surface area (Å²) in [5.74, 6) is 0.925. The molecule has 2 aromatic carbocycles. The fraction of sp³-hybridized carbons (Fsp3) is 0.238. The van der Waals surface area contributed by atoms with E-state index in [0.29, 0.717) is 22.4 Å². The third kappa shape index (κ3) is 3.63. The summed E-state index contributed by atoms with van der Waals surface area (Å²) in [5, 5.41) is 2.86. The molecule has 148 valence electrons. The lowest BCUT2D eigenvalue weighted by atomic mass is 10.1. The molecule has 0 aliphatic carbocycles. The first-order chi connectivity index (χ1) is 14.0. The van der Waals surface area contributed by atoms with Gasteiger partial charge in [-0.05, 0) is 38.1 Å². The molecular weight excluding hydrogens is 388 g/mol. The van der Waals surface area contributed by atoms with Crippen molar-refractivity contribution in [3.8, 4) is 5.75 Å². The first-order valence-corrected chi connectivity index (χ1v) is 10.1. The van der Waals surface area contributed by atoms with Crippen molar-refractivity contribution in [1.82, 2.24) is 4.90 Å². The highest BCUT2D eigenvalue weighted by Gasteiger charge is 2.40. The Bertz CT molecular complexity index is 1050. The Morgan fingerprint density at radius 2 is 2.03 bits per heavy atom. The van der Waals surface area contributed by atoms with E-state index in [1.165, 1.54) is 16.7 Å². The first-order valence-electron chi connectivity index (χ1n) is 9.19. The van der Waals surface area contributed by atoms with E-state index in [4.69, 9.17) is 4.74 Å². The van der Waals surface area contributed by atoms with Gasteiger partial charge in [0.1, 0.15) is 17.6 Å². The average Bonchev–Trinajstić information content (AvgIpc) is 3.03. The molecule has 0 bridgehead atoms. The Kier molecular flexibility index (Phi) is 5.10. The van der Waals surface area contributed by atoms with Gasteiger partial charge in [-0.1, -0.05) is 30.0 Å². The van der Waals surface area contributed by atoms with Crippen LogP contribution in [0.3, 0.4) is 0 Å². The number of anilines is 1. The predicted octanol–water partition coefficient (Wildman–Crippen LogP) is 3.43. The lowest BCUT2D eigenvalue weighted by Crippen LogP contribution is -2.41. The minimum Gasteiger partial charge on any atom is -0.497 e. The van der Waals surface area contributed by atoms with Crippen LogP contribution in [0.25, 0.3) is 0 Å². The van der Waals surface area contributed by atoms with Crippen LogP contribution in [0.2, 0.25) is 0 Å². The van der Waals surface area contributed by atoms with E-state index in [0.717, 1.165) is 11.3 Å². The maximum Gasteiger partial charge on any atom is 0.258 e. The second-order valence-electron chi connectivity index (χ2n) is 6.70. The molecule has 2 aliphatic heterocycles. The molecule has 0 radical (unpaired) electrons. The highest BCUT2D eigenvalue weighted by atomic mass is 32.2. The molecule has 1 N–H and O–H groups in total. The number of hydrogen-bond acceptors (Lipinski definition) is 6. The summed E-state index contributed by atoms with van der Waals surface area (Å²) in [4.78, 5) is 36.0. The van der Waals surface area contributed by atoms with E-state index in [2.05, 4.69) is 15.3 Å². The van der Waals surface area contributed by atoms with Crippen LogP contribution in [0, 0.1) is 0 Å². The summed E-state index contributed by atoms with van der Waals surface area (Å²) in [7, 11) is 1.58. The third-order valence-corrected chi connectivity index (χ3v) is 5.70. The molecule has 0 saturated carbocycles. The molecule has 8 heteroatoms. The number of ether oxygens (including phenoxy) is 1. The van der Waals surface area contributed by atoms with E-state index in [9.17, 15) is 9.59 Å². The van der Waals surface area contributed by atoms with Gasteiger partial charge in [-0.25, -0.2) is 9.89 Å². The minimum atomic E-state index is -0.477. The van der Waals surface area contributed by atoms with Gasteiger partial charge in [-0.15, -0.1) is 0 Å². The van der Waals surface area contributed by atoms with Crippen molar-refractivity contribution < 1.29 is 14.3 Å². The molecule has 0 unspecified atom stereocenters. The summed E-state index contributed by atoms with van der Waals surface area (Å²) in [6.07, 6.45) is 0. The van der Waals surface area contributed by atoms with Gasteiger partial charge in [0, 0.05) is 17.3 Å². The van der Waals surface area contributed by atoms with Crippen LogP contribution in [0.5, 0.6) is 5.75 Å². The second kappa shape index (κ2) is 7.71. The average molecular weight is 408 g/mol. The number of nitrogens with zero attached hydrogens (tertiary/aromatic N) is 3. The van der Waals surface area contributed by atoms with Crippen molar-refractivity contribution in [2.75, 3.05) is 12.4 Å². The number of hydrogen-bond donors (Lipinski definition) is 1. The Labute approximate surface area is 172 Å². The molecule has 4 rings (SSSR count). The summed E-state index contributed by atoms with van der Waals surface area (Å²) >= 11 is 1.23. The number of thioether (sulfide) groups is 1. The summed E-state index contributed by atoms with van der Waals surface area (Å²) < 4.78 is 5.19. The standard InChI is InChI=1S/C21H20N4O3S/c1-12-20(27)25-18(22-12)16-9-4-5-10-17(16)24-21(25)29-13(2)19(26)23-14-7-6-8-15(11-14)28-3/h4-13H,1-3H3,(H,23,26)/t12-,13+/m0/s1. The van der Waals surface area contributed by atoms with Crippen molar-refractivity contribution in [3.63, 3.8) is 0 Å². The Balaban J connectivity index is 1.56. The van der Waals surface area contributed by atoms with Crippen LogP contribution < -0.4 is 10.1 Å². The molecule has 2 aromatic rings. The van der Waals surface area contributed by atoms with Gasteiger partial charge in [0.15, 0.2) is 5.17 Å². The van der Waals surface area contributed by atoms with Crippen LogP contribution in [0.15, 0.2) is 58.5 Å².